The summed E-state index contributed by atoms with van der Waals surface area (Å²) in [5.41, 5.74) is 3.55. The van der Waals surface area contributed by atoms with Crippen molar-refractivity contribution in [3.8, 4) is 0 Å². The summed E-state index contributed by atoms with van der Waals surface area (Å²) in [6.07, 6.45) is 4.12. The van der Waals surface area contributed by atoms with E-state index < -0.39 is 0 Å². The Morgan fingerprint density at radius 3 is 2.72 bits per heavy atom. The van der Waals surface area contributed by atoms with Crippen LogP contribution in [-0.2, 0) is 19.4 Å². The van der Waals surface area contributed by atoms with Crippen LogP contribution in [0.5, 0.6) is 0 Å². The van der Waals surface area contributed by atoms with E-state index in [1.807, 2.05) is 18.2 Å². The Morgan fingerprint density at radius 2 is 2.00 bits per heavy atom. The van der Waals surface area contributed by atoms with E-state index in [-0.39, 0.29) is 11.7 Å². The number of carbonyl (C=O) groups is 1. The molecule has 154 valence electrons. The predicted molar refractivity (Wildman–Crippen MR) is 113 cm³/mol. The Labute approximate surface area is 171 Å². The average molecular weight is 397 g/mol. The molecule has 1 aromatic carbocycles. The van der Waals surface area contributed by atoms with Gasteiger partial charge in [0.2, 0.25) is 0 Å². The molecule has 2 aromatic rings. The Balaban J connectivity index is 1.54. The highest BCUT2D eigenvalue weighted by Gasteiger charge is 2.25. The zero-order valence-corrected chi connectivity index (χ0v) is 17.2. The van der Waals surface area contributed by atoms with Crippen LogP contribution in [0.1, 0.15) is 40.0 Å². The van der Waals surface area contributed by atoms with Gasteiger partial charge in [0.1, 0.15) is 11.6 Å². The second-order valence-corrected chi connectivity index (χ2v) is 8.38. The number of amides is 1. The van der Waals surface area contributed by atoms with E-state index in [0.717, 1.165) is 49.3 Å². The van der Waals surface area contributed by atoms with E-state index in [1.165, 1.54) is 18.9 Å². The zero-order chi connectivity index (χ0) is 20.4. The third-order valence-corrected chi connectivity index (χ3v) is 5.80. The fourth-order valence-corrected chi connectivity index (χ4v) is 3.81. The van der Waals surface area contributed by atoms with Crippen molar-refractivity contribution in [2.45, 2.75) is 32.2 Å². The van der Waals surface area contributed by atoms with E-state index >= 15 is 0 Å². The van der Waals surface area contributed by atoms with E-state index in [1.54, 1.807) is 25.1 Å². The Hall–Kier alpha value is -2.47. The van der Waals surface area contributed by atoms with E-state index in [9.17, 15) is 9.18 Å². The molecule has 4 rings (SSSR count). The van der Waals surface area contributed by atoms with Crippen LogP contribution in [0.4, 0.5) is 10.2 Å². The van der Waals surface area contributed by atoms with Gasteiger partial charge in [-0.25, -0.2) is 9.37 Å². The van der Waals surface area contributed by atoms with Gasteiger partial charge < -0.3 is 10.2 Å². The van der Waals surface area contributed by atoms with Crippen molar-refractivity contribution in [1.82, 2.24) is 14.8 Å². The Kier molecular flexibility index (Phi) is 5.81. The van der Waals surface area contributed by atoms with Gasteiger partial charge in [-0.05, 0) is 42.9 Å². The van der Waals surface area contributed by atoms with Crippen molar-refractivity contribution in [1.29, 1.82) is 0 Å². The van der Waals surface area contributed by atoms with Crippen LogP contribution in [0.3, 0.4) is 0 Å². The number of halogens is 1. The summed E-state index contributed by atoms with van der Waals surface area (Å²) in [4.78, 5) is 21.5. The van der Waals surface area contributed by atoms with Gasteiger partial charge in [0.25, 0.3) is 5.91 Å². The summed E-state index contributed by atoms with van der Waals surface area (Å²) in [7, 11) is 3.55. The molecule has 29 heavy (non-hydrogen) atoms. The number of fused-ring (bicyclic) bond motifs is 1. The van der Waals surface area contributed by atoms with Crippen molar-refractivity contribution in [3.63, 3.8) is 0 Å². The zero-order valence-electron chi connectivity index (χ0n) is 17.2. The van der Waals surface area contributed by atoms with Crippen LogP contribution in [0.2, 0.25) is 0 Å². The Bertz CT molecular complexity index is 894. The molecule has 1 aromatic heterocycles. The van der Waals surface area contributed by atoms with Crippen LogP contribution >= 0.6 is 0 Å². The average Bonchev–Trinajstić information content (AvgIpc) is 3.55. The number of aromatic nitrogens is 1. The van der Waals surface area contributed by atoms with Crippen LogP contribution < -0.4 is 5.32 Å². The van der Waals surface area contributed by atoms with E-state index in [4.69, 9.17) is 4.98 Å². The van der Waals surface area contributed by atoms with Gasteiger partial charge in [0.05, 0.1) is 5.56 Å². The molecule has 1 fully saturated rings. The van der Waals surface area contributed by atoms with Gasteiger partial charge in [-0.3, -0.25) is 9.69 Å². The monoisotopic (exact) mass is 396 g/mol. The van der Waals surface area contributed by atoms with Gasteiger partial charge in [0.15, 0.2) is 0 Å². The molecule has 5 nitrogen and oxygen atoms in total. The second-order valence-electron chi connectivity index (χ2n) is 8.38. The lowest BCUT2D eigenvalue weighted by Crippen LogP contribution is -2.26. The quantitative estimate of drug-likeness (QED) is 0.814. The SMILES string of the molecule is CN(C)C(=O)c1cc2c(nc1NCC1CC1)CCN(Cc1ccccc1F)CC2. The van der Waals surface area contributed by atoms with Crippen molar-refractivity contribution in [2.75, 3.05) is 39.0 Å². The fourth-order valence-electron chi connectivity index (χ4n) is 3.81. The lowest BCUT2D eigenvalue weighted by Gasteiger charge is -2.19. The first kappa shape index (κ1) is 19.8. The maximum Gasteiger partial charge on any atom is 0.257 e. The molecule has 1 saturated carbocycles. The minimum atomic E-state index is -0.155. The smallest absolute Gasteiger partial charge is 0.257 e. The number of carbonyl (C=O) groups excluding carboxylic acids is 1. The van der Waals surface area contributed by atoms with Crippen molar-refractivity contribution >= 4 is 11.7 Å². The molecule has 1 aliphatic heterocycles. The number of hydrogen-bond acceptors (Lipinski definition) is 4. The van der Waals surface area contributed by atoms with E-state index in [2.05, 4.69) is 10.2 Å². The predicted octanol–water partition coefficient (Wildman–Crippen LogP) is 3.35. The molecular weight excluding hydrogens is 367 g/mol. The summed E-state index contributed by atoms with van der Waals surface area (Å²) in [6.45, 7) is 3.13. The standard InChI is InChI=1S/C23H29FN4O/c1-27(2)23(29)19-13-17-9-11-28(15-18-5-3-4-6-20(18)24)12-10-21(17)26-22(19)25-14-16-7-8-16/h3-6,13,16H,7-12,14-15H2,1-2H3,(H,25,26). The summed E-state index contributed by atoms with van der Waals surface area (Å²) in [6, 6.07) is 8.98. The molecule has 1 N–H and O–H groups in total. The first-order chi connectivity index (χ1) is 14.0. The number of hydrogen-bond donors (Lipinski definition) is 1. The normalized spacial score (nSPS) is 16.8. The van der Waals surface area contributed by atoms with E-state index in [0.29, 0.717) is 23.8 Å². The largest absolute Gasteiger partial charge is 0.369 e. The first-order valence-corrected chi connectivity index (χ1v) is 10.5. The number of nitrogens with zero attached hydrogens (tertiary/aromatic N) is 3. The van der Waals surface area contributed by atoms with Crippen LogP contribution in [-0.4, -0.2) is 54.4 Å². The lowest BCUT2D eigenvalue weighted by molar-refractivity contribution is 0.0828. The lowest BCUT2D eigenvalue weighted by atomic mass is 10.0. The molecule has 2 aliphatic rings. The number of rotatable bonds is 6. The minimum absolute atomic E-state index is 0.0222. The molecular formula is C23H29FN4O. The maximum atomic E-state index is 14.0. The van der Waals surface area contributed by atoms with Gasteiger partial charge in [0, 0.05) is 58.0 Å². The molecule has 1 amide bonds. The first-order valence-electron chi connectivity index (χ1n) is 10.5. The number of pyridine rings is 1. The fraction of sp³-hybridized carbons (Fsp3) is 0.478. The highest BCUT2D eigenvalue weighted by molar-refractivity contribution is 5.98. The molecule has 1 aliphatic carbocycles. The summed E-state index contributed by atoms with van der Waals surface area (Å²) in [5.74, 6) is 1.23. The number of benzene rings is 1. The van der Waals surface area contributed by atoms with Crippen molar-refractivity contribution < 1.29 is 9.18 Å². The third kappa shape index (κ3) is 4.75. The summed E-state index contributed by atoms with van der Waals surface area (Å²) < 4.78 is 14.0. The second kappa shape index (κ2) is 8.49. The molecule has 0 atom stereocenters. The van der Waals surface area contributed by atoms with Crippen LogP contribution in [0, 0.1) is 11.7 Å². The van der Waals surface area contributed by atoms with Crippen LogP contribution in [0.15, 0.2) is 30.3 Å². The number of anilines is 1. The molecule has 6 heteroatoms. The highest BCUT2D eigenvalue weighted by Crippen LogP contribution is 2.30. The van der Waals surface area contributed by atoms with Gasteiger partial charge in [-0.1, -0.05) is 18.2 Å². The maximum absolute atomic E-state index is 14.0. The molecule has 0 saturated heterocycles. The molecule has 0 spiro atoms. The van der Waals surface area contributed by atoms with Crippen LogP contribution in [0.25, 0.3) is 0 Å². The highest BCUT2D eigenvalue weighted by atomic mass is 19.1. The molecule has 2 heterocycles. The van der Waals surface area contributed by atoms with Crippen molar-refractivity contribution in [3.05, 3.63) is 58.5 Å². The van der Waals surface area contributed by atoms with Gasteiger partial charge in [-0.2, -0.15) is 0 Å². The minimum Gasteiger partial charge on any atom is -0.369 e. The Morgan fingerprint density at radius 1 is 1.24 bits per heavy atom. The van der Waals surface area contributed by atoms with Gasteiger partial charge >= 0.3 is 0 Å². The molecule has 0 radical (unpaired) electrons. The summed E-state index contributed by atoms with van der Waals surface area (Å²) >= 11 is 0. The molecule has 0 unspecified atom stereocenters. The van der Waals surface area contributed by atoms with Crippen molar-refractivity contribution in [2.24, 2.45) is 5.92 Å². The topological polar surface area (TPSA) is 48.5 Å². The van der Waals surface area contributed by atoms with Gasteiger partial charge in [-0.15, -0.1) is 0 Å². The molecule has 0 bridgehead atoms. The third-order valence-electron chi connectivity index (χ3n) is 5.80. The number of nitrogens with one attached hydrogen (secondary N) is 1. The summed E-state index contributed by atoms with van der Waals surface area (Å²) in [5, 5.41) is 3.42.